The summed E-state index contributed by atoms with van der Waals surface area (Å²) in [5.41, 5.74) is 1.91. The van der Waals surface area contributed by atoms with Crippen LogP contribution in [-0.2, 0) is 0 Å². The van der Waals surface area contributed by atoms with E-state index < -0.39 is 0 Å². The first-order valence-corrected chi connectivity index (χ1v) is 7.29. The lowest BCUT2D eigenvalue weighted by Gasteiger charge is -2.08. The smallest absolute Gasteiger partial charge is 0.257 e. The molecule has 0 aliphatic carbocycles. The highest BCUT2D eigenvalue weighted by Gasteiger charge is 2.11. The lowest BCUT2D eigenvalue weighted by atomic mass is 10.1. The number of furan rings is 1. The highest BCUT2D eigenvalue weighted by Crippen LogP contribution is 2.25. The molecule has 0 atom stereocenters. The van der Waals surface area contributed by atoms with Crippen molar-refractivity contribution in [3.8, 4) is 11.3 Å². The fourth-order valence-electron chi connectivity index (χ4n) is 2.07. The molecule has 2 aromatic carbocycles. The molecular weight excluding hydrogens is 321 g/mol. The maximum atomic E-state index is 12.3. The number of rotatable bonds is 3. The average molecular weight is 332 g/mol. The molecule has 1 N–H and O–H groups in total. The van der Waals surface area contributed by atoms with Gasteiger partial charge >= 0.3 is 0 Å². The van der Waals surface area contributed by atoms with Gasteiger partial charge in [0.2, 0.25) is 0 Å². The second-order valence-electron chi connectivity index (χ2n) is 4.64. The molecule has 0 bridgehead atoms. The van der Waals surface area contributed by atoms with Crippen LogP contribution in [0.5, 0.6) is 0 Å². The summed E-state index contributed by atoms with van der Waals surface area (Å²) in [5, 5.41) is 3.61. The van der Waals surface area contributed by atoms with E-state index in [2.05, 4.69) is 5.32 Å². The molecule has 3 aromatic rings. The van der Waals surface area contributed by atoms with Gasteiger partial charge in [0.05, 0.1) is 16.8 Å². The van der Waals surface area contributed by atoms with Gasteiger partial charge in [-0.2, -0.15) is 0 Å². The predicted octanol–water partition coefficient (Wildman–Crippen LogP) is 5.51. The number of carbonyl (C=O) groups excluding carboxylic acids is 1. The Labute approximate surface area is 137 Å². The maximum Gasteiger partial charge on any atom is 0.257 e. The lowest BCUT2D eigenvalue weighted by molar-refractivity contribution is 0.102. The lowest BCUT2D eigenvalue weighted by Crippen LogP contribution is -2.12. The van der Waals surface area contributed by atoms with E-state index in [1.165, 1.54) is 6.07 Å². The molecule has 0 saturated carbocycles. The number of benzene rings is 2. The SMILES string of the molecule is O=C(Nc1cccc(-c2ccco2)c1)c1ccc(Cl)cc1Cl. The molecule has 0 radical (unpaired) electrons. The standard InChI is InChI=1S/C17H11Cl2NO2/c18-12-6-7-14(15(19)10-12)17(21)20-13-4-1-3-11(9-13)16-5-2-8-22-16/h1-10H,(H,20,21). The molecule has 5 heteroatoms. The zero-order valence-corrected chi connectivity index (χ0v) is 12.9. The van der Waals surface area contributed by atoms with Gasteiger partial charge in [-0.25, -0.2) is 0 Å². The minimum absolute atomic E-state index is 0.293. The third kappa shape index (κ3) is 3.16. The van der Waals surface area contributed by atoms with E-state index >= 15 is 0 Å². The molecule has 110 valence electrons. The molecule has 1 aromatic heterocycles. The van der Waals surface area contributed by atoms with Crippen LogP contribution in [0.2, 0.25) is 10.0 Å². The minimum atomic E-state index is -0.293. The Balaban J connectivity index is 1.84. The second kappa shape index (κ2) is 6.26. The third-order valence-corrected chi connectivity index (χ3v) is 3.65. The summed E-state index contributed by atoms with van der Waals surface area (Å²) < 4.78 is 5.35. The van der Waals surface area contributed by atoms with Crippen molar-refractivity contribution in [1.82, 2.24) is 0 Å². The quantitative estimate of drug-likeness (QED) is 0.687. The normalized spacial score (nSPS) is 10.5. The van der Waals surface area contributed by atoms with Crippen molar-refractivity contribution in [3.63, 3.8) is 0 Å². The Bertz CT molecular complexity index is 813. The fraction of sp³-hybridized carbons (Fsp3) is 0. The van der Waals surface area contributed by atoms with E-state index in [0.29, 0.717) is 21.3 Å². The number of carbonyl (C=O) groups is 1. The number of anilines is 1. The Morgan fingerprint density at radius 2 is 1.86 bits per heavy atom. The molecule has 22 heavy (non-hydrogen) atoms. The maximum absolute atomic E-state index is 12.3. The van der Waals surface area contributed by atoms with Gasteiger partial charge in [0, 0.05) is 16.3 Å². The zero-order chi connectivity index (χ0) is 15.5. The first-order chi connectivity index (χ1) is 10.6. The number of amides is 1. The highest BCUT2D eigenvalue weighted by molar-refractivity contribution is 6.37. The molecular formula is C17H11Cl2NO2. The molecule has 0 aliphatic rings. The van der Waals surface area contributed by atoms with Crippen molar-refractivity contribution in [1.29, 1.82) is 0 Å². The van der Waals surface area contributed by atoms with Gasteiger partial charge in [-0.15, -0.1) is 0 Å². The van der Waals surface area contributed by atoms with E-state index in [9.17, 15) is 4.79 Å². The van der Waals surface area contributed by atoms with Crippen molar-refractivity contribution in [3.05, 3.63) is 76.5 Å². The average Bonchev–Trinajstić information content (AvgIpc) is 3.01. The summed E-state index contributed by atoms with van der Waals surface area (Å²) in [7, 11) is 0. The molecule has 1 amide bonds. The Kier molecular flexibility index (Phi) is 4.18. The monoisotopic (exact) mass is 331 g/mol. The number of nitrogens with one attached hydrogen (secondary N) is 1. The molecule has 0 aliphatic heterocycles. The van der Waals surface area contributed by atoms with Crippen LogP contribution in [0, 0.1) is 0 Å². The van der Waals surface area contributed by atoms with Crippen LogP contribution in [-0.4, -0.2) is 5.91 Å². The van der Waals surface area contributed by atoms with Gasteiger partial charge < -0.3 is 9.73 Å². The summed E-state index contributed by atoms with van der Waals surface area (Å²) in [6.07, 6.45) is 1.61. The number of hydrogen-bond acceptors (Lipinski definition) is 2. The molecule has 3 nitrogen and oxygen atoms in total. The largest absolute Gasteiger partial charge is 0.464 e. The van der Waals surface area contributed by atoms with Gasteiger partial charge in [-0.3, -0.25) is 4.79 Å². The van der Waals surface area contributed by atoms with Crippen molar-refractivity contribution in [2.45, 2.75) is 0 Å². The number of halogens is 2. The Morgan fingerprint density at radius 1 is 1.00 bits per heavy atom. The van der Waals surface area contributed by atoms with Crippen LogP contribution in [0.3, 0.4) is 0 Å². The molecule has 0 fully saturated rings. The van der Waals surface area contributed by atoms with Crippen LogP contribution in [0.1, 0.15) is 10.4 Å². The Hall–Kier alpha value is -2.23. The van der Waals surface area contributed by atoms with Crippen molar-refractivity contribution < 1.29 is 9.21 Å². The molecule has 0 unspecified atom stereocenters. The third-order valence-electron chi connectivity index (χ3n) is 3.10. The fourth-order valence-corrected chi connectivity index (χ4v) is 2.56. The predicted molar refractivity (Wildman–Crippen MR) is 88.6 cm³/mol. The first-order valence-electron chi connectivity index (χ1n) is 6.54. The topological polar surface area (TPSA) is 42.2 Å². The van der Waals surface area contributed by atoms with Crippen molar-refractivity contribution in [2.24, 2.45) is 0 Å². The summed E-state index contributed by atoms with van der Waals surface area (Å²) in [4.78, 5) is 12.3. The van der Waals surface area contributed by atoms with Crippen LogP contribution >= 0.6 is 23.2 Å². The molecule has 3 rings (SSSR count). The van der Waals surface area contributed by atoms with Gasteiger partial charge in [-0.05, 0) is 42.5 Å². The van der Waals surface area contributed by atoms with Gasteiger partial charge in [0.1, 0.15) is 5.76 Å². The van der Waals surface area contributed by atoms with Crippen LogP contribution in [0.25, 0.3) is 11.3 Å². The molecule has 1 heterocycles. The van der Waals surface area contributed by atoms with Crippen molar-refractivity contribution in [2.75, 3.05) is 5.32 Å². The van der Waals surface area contributed by atoms with E-state index in [-0.39, 0.29) is 5.91 Å². The summed E-state index contributed by atoms with van der Waals surface area (Å²) >= 11 is 11.9. The van der Waals surface area contributed by atoms with Crippen LogP contribution in [0.4, 0.5) is 5.69 Å². The Morgan fingerprint density at radius 3 is 2.59 bits per heavy atom. The highest BCUT2D eigenvalue weighted by atomic mass is 35.5. The van der Waals surface area contributed by atoms with Gasteiger partial charge in [0.25, 0.3) is 5.91 Å². The van der Waals surface area contributed by atoms with Crippen LogP contribution < -0.4 is 5.32 Å². The second-order valence-corrected chi connectivity index (χ2v) is 5.48. The van der Waals surface area contributed by atoms with E-state index in [1.54, 1.807) is 24.5 Å². The molecule has 0 spiro atoms. The van der Waals surface area contributed by atoms with E-state index in [4.69, 9.17) is 27.6 Å². The summed E-state index contributed by atoms with van der Waals surface area (Å²) in [6, 6.07) is 15.8. The zero-order valence-electron chi connectivity index (χ0n) is 11.3. The van der Waals surface area contributed by atoms with Crippen molar-refractivity contribution >= 4 is 34.8 Å². The summed E-state index contributed by atoms with van der Waals surface area (Å²) in [5.74, 6) is 0.443. The first kappa shape index (κ1) is 14.7. The van der Waals surface area contributed by atoms with Crippen LogP contribution in [0.15, 0.2) is 65.3 Å². The minimum Gasteiger partial charge on any atom is -0.464 e. The van der Waals surface area contributed by atoms with Gasteiger partial charge in [-0.1, -0.05) is 35.3 Å². The van der Waals surface area contributed by atoms with E-state index in [0.717, 1.165) is 11.3 Å². The summed E-state index contributed by atoms with van der Waals surface area (Å²) in [6.45, 7) is 0. The van der Waals surface area contributed by atoms with E-state index in [1.807, 2.05) is 30.3 Å². The number of hydrogen-bond donors (Lipinski definition) is 1. The molecule has 0 saturated heterocycles. The van der Waals surface area contributed by atoms with Gasteiger partial charge in [0.15, 0.2) is 0 Å².